The fourth-order valence-electron chi connectivity index (χ4n) is 4.17. The number of piperazine rings is 1. The highest BCUT2D eigenvalue weighted by atomic mass is 35.5. The van der Waals surface area contributed by atoms with Crippen molar-refractivity contribution in [2.24, 2.45) is 5.92 Å². The van der Waals surface area contributed by atoms with E-state index >= 15 is 0 Å². The Hall–Kier alpha value is -2.09. The van der Waals surface area contributed by atoms with Gasteiger partial charge in [-0.3, -0.25) is 9.69 Å². The molecular weight excluding hydrogens is 465 g/mol. The molecule has 34 heavy (non-hydrogen) atoms. The van der Waals surface area contributed by atoms with Crippen molar-refractivity contribution in [3.05, 3.63) is 70.2 Å². The second kappa shape index (κ2) is 12.0. The van der Waals surface area contributed by atoms with Crippen LogP contribution in [0.15, 0.2) is 48.5 Å². The molecular formula is C26H32ClF3N2O2. The molecule has 4 nitrogen and oxygen atoms in total. The minimum Gasteiger partial charge on any atom is -0.368 e. The summed E-state index contributed by atoms with van der Waals surface area (Å²) in [6.45, 7) is 7.75. The summed E-state index contributed by atoms with van der Waals surface area (Å²) in [4.78, 5) is 16.8. The van der Waals surface area contributed by atoms with Crippen LogP contribution in [-0.2, 0) is 22.3 Å². The second-order valence-corrected chi connectivity index (χ2v) is 9.30. The lowest BCUT2D eigenvalue weighted by molar-refractivity contribution is -0.138. The van der Waals surface area contributed by atoms with Crippen molar-refractivity contribution in [1.82, 2.24) is 9.80 Å². The van der Waals surface area contributed by atoms with Crippen molar-refractivity contribution < 1.29 is 22.7 Å². The number of amides is 1. The molecule has 0 N–H and O–H groups in total. The zero-order chi connectivity index (χ0) is 24.7. The van der Waals surface area contributed by atoms with E-state index in [-0.39, 0.29) is 24.5 Å². The highest BCUT2D eigenvalue weighted by Gasteiger charge is 2.30. The molecule has 1 heterocycles. The summed E-state index contributed by atoms with van der Waals surface area (Å²) in [6, 6.07) is 12.5. The van der Waals surface area contributed by atoms with Gasteiger partial charge in [0, 0.05) is 43.7 Å². The zero-order valence-corrected chi connectivity index (χ0v) is 20.4. The predicted octanol–water partition coefficient (Wildman–Crippen LogP) is 6.20. The second-order valence-electron chi connectivity index (χ2n) is 8.86. The average Bonchev–Trinajstić information content (AvgIpc) is 2.82. The normalized spacial score (nSPS) is 16.9. The Morgan fingerprint density at radius 1 is 1.03 bits per heavy atom. The molecule has 2 aromatic rings. The van der Waals surface area contributed by atoms with Crippen LogP contribution in [-0.4, -0.2) is 48.4 Å². The molecule has 2 unspecified atom stereocenters. The largest absolute Gasteiger partial charge is 0.416 e. The molecule has 0 aromatic heterocycles. The van der Waals surface area contributed by atoms with Crippen LogP contribution < -0.4 is 0 Å². The Morgan fingerprint density at radius 2 is 1.65 bits per heavy atom. The standard InChI is InChI=1S/C26H32ClF3N2O2/c1-3-4-19(2)25(33)32-15-13-31(14-16-32)17-24(21-7-11-23(27)12-8-21)34-18-20-5-9-22(10-6-20)26(28,29)30/h5-12,19,24H,3-4,13-18H2,1-2H3. The monoisotopic (exact) mass is 496 g/mol. The van der Waals surface area contributed by atoms with Gasteiger partial charge >= 0.3 is 6.18 Å². The van der Waals surface area contributed by atoms with E-state index in [0.717, 1.165) is 43.6 Å². The quantitative estimate of drug-likeness (QED) is 0.414. The van der Waals surface area contributed by atoms with E-state index in [1.54, 1.807) is 12.1 Å². The molecule has 0 aliphatic carbocycles. The molecule has 0 saturated carbocycles. The number of halogens is 4. The topological polar surface area (TPSA) is 32.8 Å². The van der Waals surface area contributed by atoms with E-state index in [2.05, 4.69) is 11.8 Å². The van der Waals surface area contributed by atoms with E-state index in [4.69, 9.17) is 16.3 Å². The third kappa shape index (κ3) is 7.45. The lowest BCUT2D eigenvalue weighted by Crippen LogP contribution is -2.50. The molecule has 186 valence electrons. The number of ether oxygens (including phenoxy) is 1. The Balaban J connectivity index is 1.62. The van der Waals surface area contributed by atoms with Gasteiger partial charge < -0.3 is 9.64 Å². The fraction of sp³-hybridized carbons (Fsp3) is 0.500. The Kier molecular flexibility index (Phi) is 9.39. The highest BCUT2D eigenvalue weighted by Crippen LogP contribution is 2.30. The summed E-state index contributed by atoms with van der Waals surface area (Å²) >= 11 is 6.05. The third-order valence-corrected chi connectivity index (χ3v) is 6.48. The summed E-state index contributed by atoms with van der Waals surface area (Å²) in [5.74, 6) is 0.264. The van der Waals surface area contributed by atoms with Crippen LogP contribution in [0.1, 0.15) is 49.5 Å². The van der Waals surface area contributed by atoms with E-state index in [1.807, 2.05) is 24.0 Å². The van der Waals surface area contributed by atoms with Gasteiger partial charge in [-0.15, -0.1) is 0 Å². The first-order valence-corrected chi connectivity index (χ1v) is 12.1. The van der Waals surface area contributed by atoms with Crippen LogP contribution in [0.2, 0.25) is 5.02 Å². The number of hydrogen-bond acceptors (Lipinski definition) is 3. The van der Waals surface area contributed by atoms with Crippen molar-refractivity contribution >= 4 is 17.5 Å². The van der Waals surface area contributed by atoms with Crippen molar-refractivity contribution in [2.45, 2.75) is 45.6 Å². The summed E-state index contributed by atoms with van der Waals surface area (Å²) in [6.07, 6.45) is -2.74. The number of benzene rings is 2. The molecule has 0 spiro atoms. The fourth-order valence-corrected chi connectivity index (χ4v) is 4.30. The van der Waals surface area contributed by atoms with Gasteiger partial charge in [0.25, 0.3) is 0 Å². The number of hydrogen-bond donors (Lipinski definition) is 0. The van der Waals surface area contributed by atoms with Crippen LogP contribution in [0.25, 0.3) is 0 Å². The Morgan fingerprint density at radius 3 is 2.21 bits per heavy atom. The number of alkyl halides is 3. The van der Waals surface area contributed by atoms with E-state index < -0.39 is 11.7 Å². The smallest absolute Gasteiger partial charge is 0.368 e. The first kappa shape index (κ1) is 26.5. The van der Waals surface area contributed by atoms with Crippen LogP contribution in [0.3, 0.4) is 0 Å². The number of carbonyl (C=O) groups is 1. The van der Waals surface area contributed by atoms with Crippen molar-refractivity contribution in [3.8, 4) is 0 Å². The molecule has 0 bridgehead atoms. The van der Waals surface area contributed by atoms with Crippen molar-refractivity contribution in [1.29, 1.82) is 0 Å². The van der Waals surface area contributed by atoms with Gasteiger partial charge in [0.15, 0.2) is 0 Å². The summed E-state index contributed by atoms with van der Waals surface area (Å²) in [7, 11) is 0. The lowest BCUT2D eigenvalue weighted by atomic mass is 10.0. The Bertz CT molecular complexity index is 911. The first-order chi connectivity index (χ1) is 16.2. The van der Waals surface area contributed by atoms with Gasteiger partial charge in [-0.25, -0.2) is 0 Å². The molecule has 1 amide bonds. The van der Waals surface area contributed by atoms with Crippen molar-refractivity contribution in [2.75, 3.05) is 32.7 Å². The van der Waals surface area contributed by atoms with Crippen LogP contribution in [0.5, 0.6) is 0 Å². The number of carbonyl (C=O) groups excluding carboxylic acids is 1. The van der Waals surface area contributed by atoms with E-state index in [0.29, 0.717) is 30.2 Å². The molecule has 8 heteroatoms. The Labute approximate surface area is 204 Å². The predicted molar refractivity (Wildman–Crippen MR) is 128 cm³/mol. The van der Waals surface area contributed by atoms with Gasteiger partial charge in [0.1, 0.15) is 0 Å². The van der Waals surface area contributed by atoms with Gasteiger partial charge in [-0.2, -0.15) is 13.2 Å². The maximum absolute atomic E-state index is 12.8. The van der Waals surface area contributed by atoms with Crippen molar-refractivity contribution in [3.63, 3.8) is 0 Å². The molecule has 1 saturated heterocycles. The minimum atomic E-state index is -4.36. The molecule has 2 aromatic carbocycles. The lowest BCUT2D eigenvalue weighted by Gasteiger charge is -2.37. The van der Waals surface area contributed by atoms with E-state index in [1.165, 1.54) is 12.1 Å². The molecule has 2 atom stereocenters. The molecule has 1 fully saturated rings. The molecule has 0 radical (unpaired) electrons. The highest BCUT2D eigenvalue weighted by molar-refractivity contribution is 6.30. The summed E-state index contributed by atoms with van der Waals surface area (Å²) < 4.78 is 44.7. The number of nitrogens with zero attached hydrogens (tertiary/aromatic N) is 2. The molecule has 1 aliphatic heterocycles. The SMILES string of the molecule is CCCC(C)C(=O)N1CCN(CC(OCc2ccc(C(F)(F)F)cc2)c2ccc(Cl)cc2)CC1. The van der Waals surface area contributed by atoms with E-state index in [9.17, 15) is 18.0 Å². The number of rotatable bonds is 9. The molecule has 1 aliphatic rings. The maximum atomic E-state index is 12.8. The van der Waals surface area contributed by atoms with Gasteiger partial charge in [0.2, 0.25) is 5.91 Å². The third-order valence-electron chi connectivity index (χ3n) is 6.23. The van der Waals surface area contributed by atoms with Gasteiger partial charge in [-0.05, 0) is 41.8 Å². The summed E-state index contributed by atoms with van der Waals surface area (Å²) in [5.41, 5.74) is 0.949. The van der Waals surface area contributed by atoms with Crippen LogP contribution >= 0.6 is 11.6 Å². The maximum Gasteiger partial charge on any atom is 0.416 e. The van der Waals surface area contributed by atoms with Gasteiger partial charge in [-0.1, -0.05) is 56.1 Å². The van der Waals surface area contributed by atoms with Gasteiger partial charge in [0.05, 0.1) is 18.3 Å². The average molecular weight is 497 g/mol. The zero-order valence-electron chi connectivity index (χ0n) is 19.7. The first-order valence-electron chi connectivity index (χ1n) is 11.7. The van der Waals surface area contributed by atoms with Crippen LogP contribution in [0.4, 0.5) is 13.2 Å². The summed E-state index contributed by atoms with van der Waals surface area (Å²) in [5, 5.41) is 0.624. The minimum absolute atomic E-state index is 0.0467. The molecule has 3 rings (SSSR count). The van der Waals surface area contributed by atoms with Crippen LogP contribution in [0, 0.1) is 5.92 Å².